The van der Waals surface area contributed by atoms with Gasteiger partial charge in [-0.05, 0) is 44.7 Å². The second-order valence-electron chi connectivity index (χ2n) is 5.33. The molecule has 2 atom stereocenters. The van der Waals surface area contributed by atoms with Gasteiger partial charge >= 0.3 is 5.97 Å². The number of likely N-dealkylation sites (tertiary alicyclic amines) is 1. The highest BCUT2D eigenvalue weighted by Crippen LogP contribution is 2.33. The lowest BCUT2D eigenvalue weighted by Gasteiger charge is -2.37. The fourth-order valence-electron chi connectivity index (χ4n) is 3.36. The standard InChI is InChI=1S/C13H23NO2/c1-2-10-6-8-14(9-7-10)12-5-3-4-11(12)13(15)16/h10-12H,2-9H2,1H3,(H,15,16). The Bertz CT molecular complexity index is 246. The molecule has 1 heterocycles. The number of hydrogen-bond donors (Lipinski definition) is 1. The number of aliphatic carboxylic acids is 1. The molecule has 1 saturated heterocycles. The second kappa shape index (κ2) is 5.17. The Hall–Kier alpha value is -0.570. The van der Waals surface area contributed by atoms with Crippen LogP contribution in [-0.2, 0) is 4.79 Å². The molecule has 0 aromatic heterocycles. The molecule has 92 valence electrons. The van der Waals surface area contributed by atoms with Crippen molar-refractivity contribution in [1.82, 2.24) is 4.90 Å². The Morgan fingerprint density at radius 3 is 2.50 bits per heavy atom. The second-order valence-corrected chi connectivity index (χ2v) is 5.33. The lowest BCUT2D eigenvalue weighted by molar-refractivity contribution is -0.143. The van der Waals surface area contributed by atoms with E-state index in [1.165, 1.54) is 19.3 Å². The predicted molar refractivity (Wildman–Crippen MR) is 63.4 cm³/mol. The summed E-state index contributed by atoms with van der Waals surface area (Å²) in [4.78, 5) is 13.6. The average molecular weight is 225 g/mol. The maximum atomic E-state index is 11.1. The quantitative estimate of drug-likeness (QED) is 0.801. The zero-order valence-corrected chi connectivity index (χ0v) is 10.2. The fourth-order valence-corrected chi connectivity index (χ4v) is 3.36. The summed E-state index contributed by atoms with van der Waals surface area (Å²) in [6.45, 7) is 4.50. The van der Waals surface area contributed by atoms with Crippen LogP contribution in [0.25, 0.3) is 0 Å². The van der Waals surface area contributed by atoms with Crippen LogP contribution >= 0.6 is 0 Å². The first-order valence-corrected chi connectivity index (χ1v) is 6.69. The van der Waals surface area contributed by atoms with Gasteiger partial charge in [0.15, 0.2) is 0 Å². The molecule has 1 N–H and O–H groups in total. The molecule has 16 heavy (non-hydrogen) atoms. The van der Waals surface area contributed by atoms with E-state index in [1.54, 1.807) is 0 Å². The van der Waals surface area contributed by atoms with Crippen molar-refractivity contribution in [2.45, 2.75) is 51.5 Å². The molecule has 0 bridgehead atoms. The first-order chi connectivity index (χ1) is 7.72. The van der Waals surface area contributed by atoms with E-state index in [1.807, 2.05) is 0 Å². The Morgan fingerprint density at radius 1 is 1.25 bits per heavy atom. The molecule has 0 aromatic carbocycles. The zero-order valence-electron chi connectivity index (χ0n) is 10.2. The average Bonchev–Trinajstić information content (AvgIpc) is 2.78. The number of piperidine rings is 1. The van der Waals surface area contributed by atoms with Gasteiger partial charge in [0.2, 0.25) is 0 Å². The molecular formula is C13H23NO2. The molecule has 3 nitrogen and oxygen atoms in total. The molecule has 0 spiro atoms. The third-order valence-corrected chi connectivity index (χ3v) is 4.49. The molecule has 1 aliphatic carbocycles. The molecule has 2 fully saturated rings. The molecule has 2 rings (SSSR count). The van der Waals surface area contributed by atoms with Crippen molar-refractivity contribution in [2.24, 2.45) is 11.8 Å². The summed E-state index contributed by atoms with van der Waals surface area (Å²) in [6.07, 6.45) is 6.87. The van der Waals surface area contributed by atoms with Crippen LogP contribution in [0.4, 0.5) is 0 Å². The number of hydrogen-bond acceptors (Lipinski definition) is 2. The number of rotatable bonds is 3. The zero-order chi connectivity index (χ0) is 11.5. The highest BCUT2D eigenvalue weighted by molar-refractivity contribution is 5.71. The van der Waals surface area contributed by atoms with Crippen LogP contribution in [0.2, 0.25) is 0 Å². The van der Waals surface area contributed by atoms with Crippen molar-refractivity contribution in [3.8, 4) is 0 Å². The van der Waals surface area contributed by atoms with Crippen molar-refractivity contribution in [3.63, 3.8) is 0 Å². The minimum absolute atomic E-state index is 0.0989. The molecule has 3 heteroatoms. The van der Waals surface area contributed by atoms with E-state index in [9.17, 15) is 9.90 Å². The molecule has 1 saturated carbocycles. The maximum Gasteiger partial charge on any atom is 0.308 e. The molecule has 0 amide bonds. The topological polar surface area (TPSA) is 40.5 Å². The van der Waals surface area contributed by atoms with Gasteiger partial charge in [-0.3, -0.25) is 9.69 Å². The highest BCUT2D eigenvalue weighted by atomic mass is 16.4. The third kappa shape index (κ3) is 2.40. The summed E-state index contributed by atoms with van der Waals surface area (Å²) < 4.78 is 0. The minimum Gasteiger partial charge on any atom is -0.481 e. The highest BCUT2D eigenvalue weighted by Gasteiger charge is 2.37. The van der Waals surface area contributed by atoms with Crippen LogP contribution in [0.5, 0.6) is 0 Å². The fraction of sp³-hybridized carbons (Fsp3) is 0.923. The van der Waals surface area contributed by atoms with Gasteiger partial charge in [-0.15, -0.1) is 0 Å². The van der Waals surface area contributed by atoms with E-state index in [-0.39, 0.29) is 5.92 Å². The Kier molecular flexibility index (Phi) is 3.85. The first-order valence-electron chi connectivity index (χ1n) is 6.69. The summed E-state index contributed by atoms with van der Waals surface area (Å²) in [5.41, 5.74) is 0. The van der Waals surface area contributed by atoms with E-state index < -0.39 is 5.97 Å². The molecule has 0 radical (unpaired) electrons. The van der Waals surface area contributed by atoms with Gasteiger partial charge in [0.25, 0.3) is 0 Å². The van der Waals surface area contributed by atoms with Gasteiger partial charge in [0, 0.05) is 6.04 Å². The van der Waals surface area contributed by atoms with E-state index in [2.05, 4.69) is 11.8 Å². The lowest BCUT2D eigenvalue weighted by Crippen LogP contribution is -2.44. The van der Waals surface area contributed by atoms with Crippen LogP contribution < -0.4 is 0 Å². The van der Waals surface area contributed by atoms with Gasteiger partial charge in [-0.1, -0.05) is 19.8 Å². The smallest absolute Gasteiger partial charge is 0.308 e. The molecular weight excluding hydrogens is 202 g/mol. The van der Waals surface area contributed by atoms with E-state index in [0.717, 1.165) is 38.3 Å². The normalized spacial score (nSPS) is 33.1. The van der Waals surface area contributed by atoms with E-state index in [0.29, 0.717) is 6.04 Å². The van der Waals surface area contributed by atoms with Crippen molar-refractivity contribution in [1.29, 1.82) is 0 Å². The molecule has 1 aliphatic heterocycles. The Labute approximate surface area is 97.8 Å². The summed E-state index contributed by atoms with van der Waals surface area (Å²) >= 11 is 0. The van der Waals surface area contributed by atoms with Crippen molar-refractivity contribution in [2.75, 3.05) is 13.1 Å². The SMILES string of the molecule is CCC1CCN(C2CCCC2C(=O)O)CC1. The number of carbonyl (C=O) groups is 1. The Balaban J connectivity index is 1.90. The number of carboxylic acid groups (broad SMARTS) is 1. The maximum absolute atomic E-state index is 11.1. The predicted octanol–water partition coefficient (Wildman–Crippen LogP) is 2.36. The van der Waals surface area contributed by atoms with Gasteiger partial charge in [0.1, 0.15) is 0 Å². The molecule has 2 unspecified atom stereocenters. The largest absolute Gasteiger partial charge is 0.481 e. The van der Waals surface area contributed by atoms with Crippen LogP contribution in [-0.4, -0.2) is 35.1 Å². The number of nitrogens with zero attached hydrogens (tertiary/aromatic N) is 1. The Morgan fingerprint density at radius 2 is 1.94 bits per heavy atom. The van der Waals surface area contributed by atoms with E-state index in [4.69, 9.17) is 0 Å². The van der Waals surface area contributed by atoms with Crippen molar-refractivity contribution >= 4 is 5.97 Å². The minimum atomic E-state index is -0.583. The molecule has 2 aliphatic rings. The monoisotopic (exact) mass is 225 g/mol. The van der Waals surface area contributed by atoms with Crippen LogP contribution in [0.3, 0.4) is 0 Å². The van der Waals surface area contributed by atoms with Gasteiger partial charge in [-0.25, -0.2) is 0 Å². The van der Waals surface area contributed by atoms with Crippen LogP contribution in [0, 0.1) is 11.8 Å². The lowest BCUT2D eigenvalue weighted by atomic mass is 9.92. The first kappa shape index (κ1) is 11.9. The summed E-state index contributed by atoms with van der Waals surface area (Å²) in [6, 6.07) is 0.329. The summed E-state index contributed by atoms with van der Waals surface area (Å²) in [7, 11) is 0. The molecule has 0 aromatic rings. The van der Waals surface area contributed by atoms with Crippen LogP contribution in [0.15, 0.2) is 0 Å². The summed E-state index contributed by atoms with van der Waals surface area (Å²) in [5, 5.41) is 9.19. The van der Waals surface area contributed by atoms with Gasteiger partial charge < -0.3 is 5.11 Å². The van der Waals surface area contributed by atoms with Crippen molar-refractivity contribution < 1.29 is 9.90 Å². The van der Waals surface area contributed by atoms with Gasteiger partial charge in [-0.2, -0.15) is 0 Å². The van der Waals surface area contributed by atoms with Crippen molar-refractivity contribution in [3.05, 3.63) is 0 Å². The third-order valence-electron chi connectivity index (χ3n) is 4.49. The van der Waals surface area contributed by atoms with Crippen LogP contribution in [0.1, 0.15) is 45.4 Å². The van der Waals surface area contributed by atoms with Gasteiger partial charge in [0.05, 0.1) is 5.92 Å². The van der Waals surface area contributed by atoms with E-state index >= 15 is 0 Å². The number of carboxylic acids is 1. The summed E-state index contributed by atoms with van der Waals surface area (Å²) in [5.74, 6) is 0.194.